The van der Waals surface area contributed by atoms with Gasteiger partial charge in [-0.3, -0.25) is 4.79 Å². The van der Waals surface area contributed by atoms with Crippen LogP contribution in [-0.4, -0.2) is 25.2 Å². The first-order chi connectivity index (χ1) is 8.56. The number of anilines is 1. The molecule has 0 aromatic heterocycles. The lowest BCUT2D eigenvalue weighted by Gasteiger charge is -2.34. The van der Waals surface area contributed by atoms with Crippen molar-refractivity contribution >= 4 is 11.7 Å². The zero-order valence-corrected chi connectivity index (χ0v) is 11.1. The largest absolute Gasteiger partial charge is 0.481 e. The van der Waals surface area contributed by atoms with E-state index in [1.165, 1.54) is 0 Å². The quantitative estimate of drug-likeness (QED) is 0.892. The fourth-order valence-electron chi connectivity index (χ4n) is 2.86. The van der Waals surface area contributed by atoms with Crippen LogP contribution in [0.4, 0.5) is 5.69 Å². The minimum Gasteiger partial charge on any atom is -0.481 e. The lowest BCUT2D eigenvalue weighted by Crippen LogP contribution is -2.37. The second kappa shape index (κ2) is 5.01. The summed E-state index contributed by atoms with van der Waals surface area (Å²) >= 11 is 0. The zero-order chi connectivity index (χ0) is 13.2. The summed E-state index contributed by atoms with van der Waals surface area (Å²) in [5.41, 5.74) is 1.36. The molecule has 3 heteroatoms. The van der Waals surface area contributed by atoms with E-state index in [0.717, 1.165) is 43.4 Å². The highest BCUT2D eigenvalue weighted by molar-refractivity contribution is 5.82. The Labute approximate surface area is 108 Å². The molecule has 0 radical (unpaired) electrons. The molecule has 2 rings (SSSR count). The van der Waals surface area contributed by atoms with Gasteiger partial charge in [0.1, 0.15) is 0 Å². The number of hydrogen-bond acceptors (Lipinski definition) is 2. The Morgan fingerprint density at radius 1 is 1.22 bits per heavy atom. The van der Waals surface area contributed by atoms with Crippen LogP contribution in [0, 0.1) is 0 Å². The standard InChI is InChI=1S/C15H21NO2/c1-16(2)13-8-6-7-12(11-13)15(14(17)18)9-4-3-5-10-15/h6-8,11H,3-5,9-10H2,1-2H3,(H,17,18). The minimum absolute atomic E-state index is 0.662. The van der Waals surface area contributed by atoms with Gasteiger partial charge < -0.3 is 10.0 Å². The van der Waals surface area contributed by atoms with Crippen LogP contribution in [0.25, 0.3) is 0 Å². The molecule has 1 aromatic carbocycles. The first-order valence-corrected chi connectivity index (χ1v) is 6.57. The molecule has 3 nitrogen and oxygen atoms in total. The summed E-state index contributed by atoms with van der Waals surface area (Å²) in [4.78, 5) is 13.8. The van der Waals surface area contributed by atoms with Crippen LogP contribution < -0.4 is 4.90 Å². The minimum atomic E-state index is -0.668. The van der Waals surface area contributed by atoms with Crippen molar-refractivity contribution in [3.8, 4) is 0 Å². The predicted molar refractivity (Wildman–Crippen MR) is 73.2 cm³/mol. The van der Waals surface area contributed by atoms with Gasteiger partial charge in [0.05, 0.1) is 5.41 Å². The monoisotopic (exact) mass is 247 g/mol. The molecule has 0 spiro atoms. The highest BCUT2D eigenvalue weighted by Crippen LogP contribution is 2.40. The molecule has 0 saturated heterocycles. The molecule has 1 N–H and O–H groups in total. The number of carboxylic acid groups (broad SMARTS) is 1. The van der Waals surface area contributed by atoms with Crippen molar-refractivity contribution in [3.63, 3.8) is 0 Å². The van der Waals surface area contributed by atoms with Crippen molar-refractivity contribution in [3.05, 3.63) is 29.8 Å². The van der Waals surface area contributed by atoms with Gasteiger partial charge in [0.15, 0.2) is 0 Å². The molecule has 0 amide bonds. The van der Waals surface area contributed by atoms with Gasteiger partial charge >= 0.3 is 5.97 Å². The molecule has 1 aliphatic rings. The summed E-state index contributed by atoms with van der Waals surface area (Å²) in [7, 11) is 3.96. The molecule has 0 heterocycles. The van der Waals surface area contributed by atoms with E-state index in [9.17, 15) is 9.90 Å². The maximum absolute atomic E-state index is 11.7. The molecule has 0 bridgehead atoms. The average Bonchev–Trinajstić information content (AvgIpc) is 2.39. The summed E-state index contributed by atoms with van der Waals surface area (Å²) in [6, 6.07) is 7.97. The van der Waals surface area contributed by atoms with Gasteiger partial charge in [-0.1, -0.05) is 31.4 Å². The van der Waals surface area contributed by atoms with Gasteiger partial charge in [-0.25, -0.2) is 0 Å². The normalized spacial score (nSPS) is 18.3. The van der Waals surface area contributed by atoms with Gasteiger partial charge in [-0.05, 0) is 30.5 Å². The molecule has 18 heavy (non-hydrogen) atoms. The average molecular weight is 247 g/mol. The van der Waals surface area contributed by atoms with Crippen molar-refractivity contribution in [2.24, 2.45) is 0 Å². The Balaban J connectivity index is 2.42. The number of aliphatic carboxylic acids is 1. The highest BCUT2D eigenvalue weighted by atomic mass is 16.4. The molecule has 1 aliphatic carbocycles. The van der Waals surface area contributed by atoms with E-state index in [4.69, 9.17) is 0 Å². The third-order valence-electron chi connectivity index (χ3n) is 4.03. The first-order valence-electron chi connectivity index (χ1n) is 6.57. The Kier molecular flexibility index (Phi) is 3.60. The van der Waals surface area contributed by atoms with Crippen molar-refractivity contribution in [2.45, 2.75) is 37.5 Å². The number of nitrogens with zero attached hydrogens (tertiary/aromatic N) is 1. The summed E-state index contributed by atoms with van der Waals surface area (Å²) in [6.45, 7) is 0. The number of hydrogen-bond donors (Lipinski definition) is 1. The Bertz CT molecular complexity index is 434. The van der Waals surface area contributed by atoms with E-state index < -0.39 is 11.4 Å². The summed E-state index contributed by atoms with van der Waals surface area (Å²) in [6.07, 6.45) is 4.71. The van der Waals surface area contributed by atoms with Crippen LogP contribution in [0.2, 0.25) is 0 Å². The molecule has 0 atom stereocenters. The second-order valence-corrected chi connectivity index (χ2v) is 5.39. The van der Waals surface area contributed by atoms with Crippen molar-refractivity contribution in [1.82, 2.24) is 0 Å². The maximum Gasteiger partial charge on any atom is 0.314 e. The van der Waals surface area contributed by atoms with Crippen LogP contribution in [0.15, 0.2) is 24.3 Å². The van der Waals surface area contributed by atoms with Gasteiger partial charge in [0.2, 0.25) is 0 Å². The van der Waals surface area contributed by atoms with Gasteiger partial charge in [0.25, 0.3) is 0 Å². The summed E-state index contributed by atoms with van der Waals surface area (Å²) in [5, 5.41) is 9.66. The molecular weight excluding hydrogens is 226 g/mol. The molecule has 1 fully saturated rings. The Morgan fingerprint density at radius 3 is 2.44 bits per heavy atom. The van der Waals surface area contributed by atoms with Crippen LogP contribution in [0.3, 0.4) is 0 Å². The van der Waals surface area contributed by atoms with Gasteiger partial charge in [-0.15, -0.1) is 0 Å². The summed E-state index contributed by atoms with van der Waals surface area (Å²) in [5.74, 6) is -0.668. The molecule has 1 aromatic rings. The van der Waals surface area contributed by atoms with E-state index in [1.54, 1.807) is 0 Å². The summed E-state index contributed by atoms with van der Waals surface area (Å²) < 4.78 is 0. The first kappa shape index (κ1) is 12.9. The molecular formula is C15H21NO2. The van der Waals surface area contributed by atoms with Crippen molar-refractivity contribution in [1.29, 1.82) is 0 Å². The smallest absolute Gasteiger partial charge is 0.314 e. The Morgan fingerprint density at radius 2 is 1.89 bits per heavy atom. The predicted octanol–water partition coefficient (Wildman–Crippen LogP) is 3.04. The van der Waals surface area contributed by atoms with E-state index in [-0.39, 0.29) is 0 Å². The number of carboxylic acids is 1. The zero-order valence-electron chi connectivity index (χ0n) is 11.1. The molecule has 0 aliphatic heterocycles. The third-order valence-corrected chi connectivity index (χ3v) is 4.03. The van der Waals surface area contributed by atoms with Crippen molar-refractivity contribution in [2.75, 3.05) is 19.0 Å². The lowest BCUT2D eigenvalue weighted by molar-refractivity contribution is -0.145. The van der Waals surface area contributed by atoms with E-state index >= 15 is 0 Å². The highest BCUT2D eigenvalue weighted by Gasteiger charge is 2.41. The van der Waals surface area contributed by atoms with Crippen LogP contribution >= 0.6 is 0 Å². The van der Waals surface area contributed by atoms with E-state index in [1.807, 2.05) is 43.3 Å². The fraction of sp³-hybridized carbons (Fsp3) is 0.533. The van der Waals surface area contributed by atoms with Crippen LogP contribution in [0.5, 0.6) is 0 Å². The molecule has 0 unspecified atom stereocenters. The van der Waals surface area contributed by atoms with Gasteiger partial charge in [0, 0.05) is 19.8 Å². The molecule has 98 valence electrons. The van der Waals surface area contributed by atoms with E-state index in [0.29, 0.717) is 0 Å². The number of rotatable bonds is 3. The number of benzene rings is 1. The van der Waals surface area contributed by atoms with Crippen molar-refractivity contribution < 1.29 is 9.90 Å². The SMILES string of the molecule is CN(C)c1cccc(C2(C(=O)O)CCCCC2)c1. The second-order valence-electron chi connectivity index (χ2n) is 5.39. The van der Waals surface area contributed by atoms with Gasteiger partial charge in [-0.2, -0.15) is 0 Å². The van der Waals surface area contributed by atoms with Crippen LogP contribution in [-0.2, 0) is 10.2 Å². The van der Waals surface area contributed by atoms with Crippen LogP contribution in [0.1, 0.15) is 37.7 Å². The maximum atomic E-state index is 11.7. The Hall–Kier alpha value is -1.51. The topological polar surface area (TPSA) is 40.5 Å². The number of carbonyl (C=O) groups is 1. The third kappa shape index (κ3) is 2.22. The molecule has 1 saturated carbocycles. The lowest BCUT2D eigenvalue weighted by atomic mass is 9.69. The fourth-order valence-corrected chi connectivity index (χ4v) is 2.86. The van der Waals surface area contributed by atoms with E-state index in [2.05, 4.69) is 0 Å².